The molecule has 0 saturated heterocycles. The summed E-state index contributed by atoms with van der Waals surface area (Å²) in [6, 6.07) is 20.9. The van der Waals surface area contributed by atoms with Gasteiger partial charge in [-0.1, -0.05) is 42.5 Å². The highest BCUT2D eigenvalue weighted by Gasteiger charge is 2.09. The highest BCUT2D eigenvalue weighted by molar-refractivity contribution is 9.10. The van der Waals surface area contributed by atoms with Crippen LogP contribution in [-0.4, -0.2) is 4.57 Å². The van der Waals surface area contributed by atoms with E-state index in [0.29, 0.717) is 28.9 Å². The van der Waals surface area contributed by atoms with E-state index in [1.807, 2.05) is 42.5 Å². The van der Waals surface area contributed by atoms with E-state index in [0.717, 1.165) is 11.1 Å². The Morgan fingerprint density at radius 2 is 1.80 bits per heavy atom. The molecule has 3 aromatic rings. The number of nitriles is 1. The van der Waals surface area contributed by atoms with Crippen LogP contribution in [0.15, 0.2) is 76.1 Å². The minimum atomic E-state index is -0.173. The number of halogens is 1. The first-order valence-electron chi connectivity index (χ1n) is 7.72. The molecule has 1 aromatic heterocycles. The summed E-state index contributed by atoms with van der Waals surface area (Å²) >= 11 is 3.34. The lowest BCUT2D eigenvalue weighted by atomic mass is 10.1. The van der Waals surface area contributed by atoms with Crippen molar-refractivity contribution in [2.24, 2.45) is 0 Å². The Bertz CT molecular complexity index is 975. The van der Waals surface area contributed by atoms with Crippen LogP contribution in [0.5, 0.6) is 5.75 Å². The molecule has 4 nitrogen and oxygen atoms in total. The molecule has 0 aliphatic rings. The van der Waals surface area contributed by atoms with Crippen molar-refractivity contribution >= 4 is 15.9 Å². The second-order valence-corrected chi connectivity index (χ2v) is 6.31. The quantitative estimate of drug-likeness (QED) is 0.654. The molecular formula is C20H15BrN2O2. The Hall–Kier alpha value is -2.84. The summed E-state index contributed by atoms with van der Waals surface area (Å²) in [4.78, 5) is 12.5. The Balaban J connectivity index is 1.78. The average molecular weight is 395 g/mol. The van der Waals surface area contributed by atoms with Gasteiger partial charge in [0, 0.05) is 6.20 Å². The molecule has 0 spiro atoms. The number of benzene rings is 2. The third-order valence-corrected chi connectivity index (χ3v) is 4.45. The third kappa shape index (κ3) is 4.17. The van der Waals surface area contributed by atoms with Crippen molar-refractivity contribution in [1.82, 2.24) is 4.57 Å². The van der Waals surface area contributed by atoms with Gasteiger partial charge >= 0.3 is 0 Å². The Kier molecular flexibility index (Phi) is 5.32. The van der Waals surface area contributed by atoms with Crippen LogP contribution in [0.1, 0.15) is 16.7 Å². The first-order valence-corrected chi connectivity index (χ1v) is 8.51. The van der Waals surface area contributed by atoms with E-state index in [4.69, 9.17) is 10.00 Å². The lowest BCUT2D eigenvalue weighted by Crippen LogP contribution is -2.21. The number of rotatable bonds is 5. The molecule has 2 aromatic carbocycles. The van der Waals surface area contributed by atoms with Crippen molar-refractivity contribution in [3.63, 3.8) is 0 Å². The summed E-state index contributed by atoms with van der Waals surface area (Å²) in [5, 5.41) is 8.97. The van der Waals surface area contributed by atoms with Crippen LogP contribution in [0.3, 0.4) is 0 Å². The summed E-state index contributed by atoms with van der Waals surface area (Å²) in [5.41, 5.74) is 2.33. The first-order chi connectivity index (χ1) is 12.2. The predicted octanol–water partition coefficient (Wildman–Crippen LogP) is 4.11. The van der Waals surface area contributed by atoms with Gasteiger partial charge in [-0.2, -0.15) is 5.26 Å². The van der Waals surface area contributed by atoms with Crippen LogP contribution in [0.4, 0.5) is 0 Å². The zero-order valence-corrected chi connectivity index (χ0v) is 14.9. The summed E-state index contributed by atoms with van der Waals surface area (Å²) in [6.07, 6.45) is 1.70. The van der Waals surface area contributed by atoms with E-state index < -0.39 is 0 Å². The Morgan fingerprint density at radius 3 is 2.56 bits per heavy atom. The van der Waals surface area contributed by atoms with E-state index in [2.05, 4.69) is 22.0 Å². The monoisotopic (exact) mass is 394 g/mol. The molecule has 1 heterocycles. The molecule has 5 heteroatoms. The third-order valence-electron chi connectivity index (χ3n) is 3.72. The molecule has 3 rings (SSSR count). The minimum Gasteiger partial charge on any atom is -0.487 e. The topological polar surface area (TPSA) is 55.0 Å². The van der Waals surface area contributed by atoms with Crippen LogP contribution in [0, 0.1) is 11.3 Å². The summed E-state index contributed by atoms with van der Waals surface area (Å²) in [7, 11) is 0. The van der Waals surface area contributed by atoms with Crippen LogP contribution in [0.25, 0.3) is 0 Å². The standard InChI is InChI=1S/C20H15BrN2O2/c21-19-18(25-14-15-5-2-1-3-6-15)9-10-23(20(19)24)13-17-8-4-7-16(11-17)12-22/h1-11H,13-14H2. The van der Waals surface area contributed by atoms with Crippen molar-refractivity contribution in [3.05, 3.63) is 98.4 Å². The molecule has 0 N–H and O–H groups in total. The number of aromatic nitrogens is 1. The van der Waals surface area contributed by atoms with Crippen molar-refractivity contribution in [3.8, 4) is 11.8 Å². The highest BCUT2D eigenvalue weighted by Crippen LogP contribution is 2.21. The first kappa shape index (κ1) is 17.0. The minimum absolute atomic E-state index is 0.173. The Labute approximate surface area is 154 Å². The van der Waals surface area contributed by atoms with Gasteiger partial charge in [0.15, 0.2) is 0 Å². The van der Waals surface area contributed by atoms with E-state index in [1.54, 1.807) is 29.0 Å². The number of hydrogen-bond donors (Lipinski definition) is 0. The van der Waals surface area contributed by atoms with Gasteiger partial charge in [-0.05, 0) is 45.3 Å². The second-order valence-electron chi connectivity index (χ2n) is 5.51. The van der Waals surface area contributed by atoms with E-state index in [-0.39, 0.29) is 5.56 Å². The largest absolute Gasteiger partial charge is 0.487 e. The van der Waals surface area contributed by atoms with Gasteiger partial charge in [-0.3, -0.25) is 4.79 Å². The predicted molar refractivity (Wildman–Crippen MR) is 99.4 cm³/mol. The molecule has 0 fully saturated rings. The highest BCUT2D eigenvalue weighted by atomic mass is 79.9. The fraction of sp³-hybridized carbons (Fsp3) is 0.100. The number of ether oxygens (including phenoxy) is 1. The maximum atomic E-state index is 12.5. The Morgan fingerprint density at radius 1 is 1.04 bits per heavy atom. The van der Waals surface area contributed by atoms with Gasteiger partial charge < -0.3 is 9.30 Å². The normalized spacial score (nSPS) is 10.2. The molecule has 0 amide bonds. The summed E-state index contributed by atoms with van der Waals surface area (Å²) < 4.78 is 7.71. The van der Waals surface area contributed by atoms with Crippen LogP contribution >= 0.6 is 15.9 Å². The SMILES string of the molecule is N#Cc1cccc(Cn2ccc(OCc3ccccc3)c(Br)c2=O)c1. The summed E-state index contributed by atoms with van der Waals surface area (Å²) in [6.45, 7) is 0.791. The zero-order chi connectivity index (χ0) is 17.6. The van der Waals surface area contributed by atoms with Gasteiger partial charge in [0.25, 0.3) is 5.56 Å². The van der Waals surface area contributed by atoms with E-state index in [1.165, 1.54) is 0 Å². The molecule has 0 atom stereocenters. The fourth-order valence-electron chi connectivity index (χ4n) is 2.44. The van der Waals surface area contributed by atoms with E-state index in [9.17, 15) is 4.79 Å². The molecular weight excluding hydrogens is 380 g/mol. The molecule has 124 valence electrons. The van der Waals surface area contributed by atoms with Crippen molar-refractivity contribution in [2.45, 2.75) is 13.2 Å². The molecule has 0 bridgehead atoms. The van der Waals surface area contributed by atoms with Crippen molar-refractivity contribution in [2.75, 3.05) is 0 Å². The molecule has 25 heavy (non-hydrogen) atoms. The van der Waals surface area contributed by atoms with Gasteiger partial charge in [0.1, 0.15) is 16.8 Å². The second kappa shape index (κ2) is 7.82. The molecule has 0 saturated carbocycles. The number of hydrogen-bond acceptors (Lipinski definition) is 3. The maximum Gasteiger partial charge on any atom is 0.268 e. The smallest absolute Gasteiger partial charge is 0.268 e. The molecule has 0 radical (unpaired) electrons. The van der Waals surface area contributed by atoms with Gasteiger partial charge in [0.2, 0.25) is 0 Å². The maximum absolute atomic E-state index is 12.5. The lowest BCUT2D eigenvalue weighted by Gasteiger charge is -2.11. The van der Waals surface area contributed by atoms with E-state index >= 15 is 0 Å². The number of pyridine rings is 1. The number of nitrogens with zero attached hydrogens (tertiary/aromatic N) is 2. The molecule has 0 aliphatic heterocycles. The van der Waals surface area contributed by atoms with Gasteiger partial charge in [-0.25, -0.2) is 0 Å². The average Bonchev–Trinajstić information content (AvgIpc) is 2.66. The summed E-state index contributed by atoms with van der Waals surface area (Å²) in [5.74, 6) is 0.510. The van der Waals surface area contributed by atoms with Crippen molar-refractivity contribution in [1.29, 1.82) is 5.26 Å². The van der Waals surface area contributed by atoms with Crippen molar-refractivity contribution < 1.29 is 4.74 Å². The molecule has 0 aliphatic carbocycles. The van der Waals surface area contributed by atoms with Crippen LogP contribution in [0.2, 0.25) is 0 Å². The fourth-order valence-corrected chi connectivity index (χ4v) is 2.91. The van der Waals surface area contributed by atoms with Crippen LogP contribution < -0.4 is 10.3 Å². The van der Waals surface area contributed by atoms with Gasteiger partial charge in [-0.15, -0.1) is 0 Å². The zero-order valence-electron chi connectivity index (χ0n) is 13.4. The lowest BCUT2D eigenvalue weighted by molar-refractivity contribution is 0.302. The van der Waals surface area contributed by atoms with Crippen LogP contribution in [-0.2, 0) is 13.2 Å². The van der Waals surface area contributed by atoms with Gasteiger partial charge in [0.05, 0.1) is 18.2 Å². The molecule has 0 unspecified atom stereocenters.